The Labute approximate surface area is 100 Å². The first-order valence-electron chi connectivity index (χ1n) is 5.08. The van der Waals surface area contributed by atoms with Gasteiger partial charge in [-0.3, -0.25) is 0 Å². The second kappa shape index (κ2) is 5.61. The van der Waals surface area contributed by atoms with Crippen molar-refractivity contribution in [2.45, 2.75) is 26.3 Å². The highest BCUT2D eigenvalue weighted by atomic mass is 35.5. The molecule has 5 heteroatoms. The van der Waals surface area contributed by atoms with Crippen LogP contribution in [0, 0.1) is 6.92 Å². The molecule has 88 valence electrons. The minimum absolute atomic E-state index is 0.153. The zero-order chi connectivity index (χ0) is 12.1. The smallest absolute Gasteiger partial charge is 0.161 e. The molecule has 1 aromatic carbocycles. The third kappa shape index (κ3) is 3.03. The zero-order valence-corrected chi connectivity index (χ0v) is 10.1. The van der Waals surface area contributed by atoms with E-state index in [1.165, 1.54) is 0 Å². The molecule has 0 saturated carbocycles. The van der Waals surface area contributed by atoms with E-state index in [-0.39, 0.29) is 11.9 Å². The number of hydrogen-bond acceptors (Lipinski definition) is 3. The first-order valence-corrected chi connectivity index (χ1v) is 5.46. The second-order valence-corrected chi connectivity index (χ2v) is 4.02. The first kappa shape index (κ1) is 12.6. The fourth-order valence-corrected chi connectivity index (χ4v) is 1.56. The topological polar surface area (TPSA) is 70.6 Å². The van der Waals surface area contributed by atoms with E-state index in [4.69, 9.17) is 22.5 Å². The number of nitrogens with two attached hydrogens (primary N) is 1. The number of amidine groups is 1. The summed E-state index contributed by atoms with van der Waals surface area (Å²) < 4.78 is 0. The Bertz CT molecular complexity index is 393. The van der Waals surface area contributed by atoms with Gasteiger partial charge in [0.1, 0.15) is 0 Å². The lowest BCUT2D eigenvalue weighted by atomic mass is 10.1. The summed E-state index contributed by atoms with van der Waals surface area (Å²) in [4.78, 5) is 0. The molecule has 1 rings (SSSR count). The Morgan fingerprint density at radius 3 is 2.88 bits per heavy atom. The van der Waals surface area contributed by atoms with E-state index in [0.717, 1.165) is 11.3 Å². The van der Waals surface area contributed by atoms with Crippen molar-refractivity contribution in [3.05, 3.63) is 28.8 Å². The summed E-state index contributed by atoms with van der Waals surface area (Å²) >= 11 is 6.04. The van der Waals surface area contributed by atoms with Gasteiger partial charge in [-0.1, -0.05) is 29.7 Å². The molecule has 0 spiro atoms. The molecule has 0 aliphatic rings. The minimum Gasteiger partial charge on any atom is -0.409 e. The maximum absolute atomic E-state index is 8.63. The monoisotopic (exact) mass is 241 g/mol. The number of benzene rings is 1. The van der Waals surface area contributed by atoms with Crippen LogP contribution in [-0.4, -0.2) is 17.1 Å². The summed E-state index contributed by atoms with van der Waals surface area (Å²) in [7, 11) is 0. The van der Waals surface area contributed by atoms with Gasteiger partial charge in [0.25, 0.3) is 0 Å². The van der Waals surface area contributed by atoms with Crippen molar-refractivity contribution < 1.29 is 5.21 Å². The molecule has 0 amide bonds. The lowest BCUT2D eigenvalue weighted by molar-refractivity contribution is 0.316. The average Bonchev–Trinajstić information content (AvgIpc) is 2.29. The number of anilines is 1. The standard InChI is InChI=1S/C11H16ClN3O/c1-3-9(11(13)15-16)14-10-6-7(2)4-5-8(10)12/h4-6,9,14,16H,3H2,1-2H3,(H2,13,15). The maximum atomic E-state index is 8.63. The normalized spacial score (nSPS) is 13.6. The van der Waals surface area contributed by atoms with Gasteiger partial charge in [-0.05, 0) is 31.0 Å². The fraction of sp³-hybridized carbons (Fsp3) is 0.364. The van der Waals surface area contributed by atoms with E-state index in [0.29, 0.717) is 11.4 Å². The molecule has 16 heavy (non-hydrogen) atoms. The van der Waals surface area contributed by atoms with Crippen molar-refractivity contribution in [3.63, 3.8) is 0 Å². The van der Waals surface area contributed by atoms with Crippen LogP contribution in [0.1, 0.15) is 18.9 Å². The molecule has 4 N–H and O–H groups in total. The van der Waals surface area contributed by atoms with Crippen LogP contribution in [0.25, 0.3) is 0 Å². The molecule has 0 fully saturated rings. The van der Waals surface area contributed by atoms with Crippen LogP contribution in [0.5, 0.6) is 0 Å². The molecule has 0 heterocycles. The summed E-state index contributed by atoms with van der Waals surface area (Å²) in [5, 5.41) is 15.4. The average molecular weight is 242 g/mol. The van der Waals surface area contributed by atoms with E-state index < -0.39 is 0 Å². The predicted molar refractivity (Wildman–Crippen MR) is 67.3 cm³/mol. The molecule has 1 aromatic rings. The quantitative estimate of drug-likeness (QED) is 0.328. The van der Waals surface area contributed by atoms with E-state index in [2.05, 4.69) is 10.5 Å². The van der Waals surface area contributed by atoms with Crippen molar-refractivity contribution in [3.8, 4) is 0 Å². The largest absolute Gasteiger partial charge is 0.409 e. The van der Waals surface area contributed by atoms with E-state index in [1.807, 2.05) is 32.0 Å². The van der Waals surface area contributed by atoms with Gasteiger partial charge in [-0.2, -0.15) is 0 Å². The molecule has 4 nitrogen and oxygen atoms in total. The molecule has 0 aliphatic carbocycles. The second-order valence-electron chi connectivity index (χ2n) is 3.61. The molecule has 1 atom stereocenters. The van der Waals surface area contributed by atoms with Gasteiger partial charge in [0, 0.05) is 0 Å². The van der Waals surface area contributed by atoms with Gasteiger partial charge < -0.3 is 16.3 Å². The number of oxime groups is 1. The van der Waals surface area contributed by atoms with Gasteiger partial charge in [-0.15, -0.1) is 0 Å². The van der Waals surface area contributed by atoms with Crippen LogP contribution in [0.4, 0.5) is 5.69 Å². The lowest BCUT2D eigenvalue weighted by Crippen LogP contribution is -2.35. The lowest BCUT2D eigenvalue weighted by Gasteiger charge is -2.18. The predicted octanol–water partition coefficient (Wildman–Crippen LogP) is 2.59. The molecule has 0 radical (unpaired) electrons. The molecular formula is C11H16ClN3O. The van der Waals surface area contributed by atoms with Crippen LogP contribution in [0.15, 0.2) is 23.4 Å². The van der Waals surface area contributed by atoms with Gasteiger partial charge >= 0.3 is 0 Å². The van der Waals surface area contributed by atoms with Crippen molar-refractivity contribution in [1.29, 1.82) is 0 Å². The molecule has 1 unspecified atom stereocenters. The van der Waals surface area contributed by atoms with Crippen molar-refractivity contribution in [1.82, 2.24) is 0 Å². The molecule has 0 saturated heterocycles. The molecule has 0 bridgehead atoms. The summed E-state index contributed by atoms with van der Waals surface area (Å²) in [6.07, 6.45) is 0.708. The summed E-state index contributed by atoms with van der Waals surface area (Å²) in [5.41, 5.74) is 7.45. The van der Waals surface area contributed by atoms with Gasteiger partial charge in [0.05, 0.1) is 16.8 Å². The van der Waals surface area contributed by atoms with Crippen LogP contribution in [-0.2, 0) is 0 Å². The number of nitrogens with zero attached hydrogens (tertiary/aromatic N) is 1. The third-order valence-electron chi connectivity index (χ3n) is 2.33. The Kier molecular flexibility index (Phi) is 4.43. The summed E-state index contributed by atoms with van der Waals surface area (Å²) in [5.74, 6) is 0.153. The minimum atomic E-state index is -0.218. The Hall–Kier alpha value is -1.42. The molecule has 0 aromatic heterocycles. The highest BCUT2D eigenvalue weighted by Gasteiger charge is 2.12. The number of aryl methyl sites for hydroxylation is 1. The summed E-state index contributed by atoms with van der Waals surface area (Å²) in [6.45, 7) is 3.92. The Balaban J connectivity index is 2.89. The number of halogens is 1. The highest BCUT2D eigenvalue weighted by molar-refractivity contribution is 6.33. The number of nitrogens with one attached hydrogen (secondary N) is 1. The van der Waals surface area contributed by atoms with Gasteiger partial charge in [0.15, 0.2) is 5.84 Å². The SMILES string of the molecule is CCC(Nc1cc(C)ccc1Cl)/C(N)=N/O. The third-order valence-corrected chi connectivity index (χ3v) is 2.66. The molecular weight excluding hydrogens is 226 g/mol. The first-order chi connectivity index (χ1) is 7.58. The van der Waals surface area contributed by atoms with Crippen LogP contribution < -0.4 is 11.1 Å². The van der Waals surface area contributed by atoms with Crippen LogP contribution in [0.3, 0.4) is 0 Å². The Morgan fingerprint density at radius 2 is 2.31 bits per heavy atom. The van der Waals surface area contributed by atoms with Crippen LogP contribution >= 0.6 is 11.6 Å². The molecule has 0 aliphatic heterocycles. The van der Waals surface area contributed by atoms with Gasteiger partial charge in [-0.25, -0.2) is 0 Å². The maximum Gasteiger partial charge on any atom is 0.161 e. The summed E-state index contributed by atoms with van der Waals surface area (Å²) in [6, 6.07) is 5.45. The number of hydrogen-bond donors (Lipinski definition) is 3. The fourth-order valence-electron chi connectivity index (χ4n) is 1.39. The van der Waals surface area contributed by atoms with E-state index >= 15 is 0 Å². The van der Waals surface area contributed by atoms with E-state index in [9.17, 15) is 0 Å². The highest BCUT2D eigenvalue weighted by Crippen LogP contribution is 2.23. The zero-order valence-electron chi connectivity index (χ0n) is 9.37. The van der Waals surface area contributed by atoms with Crippen LogP contribution in [0.2, 0.25) is 5.02 Å². The van der Waals surface area contributed by atoms with Gasteiger partial charge in [0.2, 0.25) is 0 Å². The van der Waals surface area contributed by atoms with E-state index in [1.54, 1.807) is 0 Å². The van der Waals surface area contributed by atoms with Crippen molar-refractivity contribution in [2.24, 2.45) is 10.9 Å². The number of rotatable bonds is 4. The Morgan fingerprint density at radius 1 is 1.62 bits per heavy atom. The van der Waals surface area contributed by atoms with Crippen molar-refractivity contribution >= 4 is 23.1 Å². The van der Waals surface area contributed by atoms with Crippen molar-refractivity contribution in [2.75, 3.05) is 5.32 Å².